The van der Waals surface area contributed by atoms with Crippen LogP contribution in [-0.2, 0) is 9.53 Å². The molecule has 0 N–H and O–H groups in total. The molecule has 0 aliphatic carbocycles. The van der Waals surface area contributed by atoms with Crippen molar-refractivity contribution in [3.05, 3.63) is 54.1 Å². The summed E-state index contributed by atoms with van der Waals surface area (Å²) in [5, 5.41) is 8.93. The van der Waals surface area contributed by atoms with Crippen LogP contribution in [-0.4, -0.2) is 32.9 Å². The highest BCUT2D eigenvalue weighted by Gasteiger charge is 2.07. The van der Waals surface area contributed by atoms with Gasteiger partial charge in [-0.2, -0.15) is 5.26 Å². The highest BCUT2D eigenvalue weighted by molar-refractivity contribution is 5.71. The molecule has 0 unspecified atom stereocenters. The van der Waals surface area contributed by atoms with E-state index in [0.29, 0.717) is 17.1 Å². The minimum Gasteiger partial charge on any atom is -0.497 e. The Morgan fingerprint density at radius 2 is 1.71 bits per heavy atom. The van der Waals surface area contributed by atoms with E-state index in [4.69, 9.17) is 24.2 Å². The number of nitrogens with zero attached hydrogens (tertiary/aromatic N) is 1. The Morgan fingerprint density at radius 3 is 2.42 bits per heavy atom. The minimum absolute atomic E-state index is 0.105. The Hall–Kier alpha value is -3.20. The van der Waals surface area contributed by atoms with Crippen molar-refractivity contribution in [1.29, 1.82) is 5.26 Å². The first kappa shape index (κ1) is 17.2. The van der Waals surface area contributed by atoms with Gasteiger partial charge in [-0.3, -0.25) is 0 Å². The second-order valence-corrected chi connectivity index (χ2v) is 4.64. The Morgan fingerprint density at radius 1 is 1.00 bits per heavy atom. The van der Waals surface area contributed by atoms with E-state index < -0.39 is 5.97 Å². The minimum atomic E-state index is -0.527. The summed E-state index contributed by atoms with van der Waals surface area (Å²) in [6.45, 7) is 0.0716. The second kappa shape index (κ2) is 9.06. The third-order valence-corrected chi connectivity index (χ3v) is 3.03. The zero-order chi connectivity index (χ0) is 17.2. The number of rotatable bonds is 8. The topological polar surface area (TPSA) is 77.8 Å². The van der Waals surface area contributed by atoms with Crippen LogP contribution in [0.15, 0.2) is 48.5 Å². The maximum Gasteiger partial charge on any atom is 0.344 e. The van der Waals surface area contributed by atoms with Crippen molar-refractivity contribution in [3.63, 3.8) is 0 Å². The number of para-hydroxylation sites is 1. The quantitative estimate of drug-likeness (QED) is 0.548. The van der Waals surface area contributed by atoms with E-state index in [9.17, 15) is 4.79 Å². The van der Waals surface area contributed by atoms with E-state index in [1.807, 2.05) is 6.07 Å². The Balaban J connectivity index is 1.67. The normalized spacial score (nSPS) is 9.67. The lowest BCUT2D eigenvalue weighted by atomic mass is 10.2. The fourth-order valence-corrected chi connectivity index (χ4v) is 1.85. The number of hydrogen-bond donors (Lipinski definition) is 0. The van der Waals surface area contributed by atoms with Crippen LogP contribution in [0.25, 0.3) is 0 Å². The summed E-state index contributed by atoms with van der Waals surface area (Å²) in [7, 11) is 1.59. The van der Waals surface area contributed by atoms with Gasteiger partial charge >= 0.3 is 5.97 Å². The highest BCUT2D eigenvalue weighted by Crippen LogP contribution is 2.17. The van der Waals surface area contributed by atoms with E-state index in [2.05, 4.69) is 0 Å². The fourth-order valence-electron chi connectivity index (χ4n) is 1.85. The standard InChI is InChI=1S/C18H17NO5/c1-21-15-6-8-16(9-7-15)22-10-11-23-18(20)13-24-17-5-3-2-4-14(17)12-19/h2-9H,10-11,13H2,1H3. The summed E-state index contributed by atoms with van der Waals surface area (Å²) in [6, 6.07) is 15.8. The van der Waals surface area contributed by atoms with E-state index in [1.165, 1.54) is 0 Å². The van der Waals surface area contributed by atoms with Crippen LogP contribution in [0.1, 0.15) is 5.56 Å². The molecule has 0 heterocycles. The molecule has 0 saturated heterocycles. The second-order valence-electron chi connectivity index (χ2n) is 4.64. The van der Waals surface area contributed by atoms with E-state index in [0.717, 1.165) is 5.75 Å². The predicted molar refractivity (Wildman–Crippen MR) is 86.1 cm³/mol. The molecule has 0 radical (unpaired) electrons. The number of methoxy groups -OCH3 is 1. The first-order valence-corrected chi connectivity index (χ1v) is 7.27. The highest BCUT2D eigenvalue weighted by atomic mass is 16.6. The SMILES string of the molecule is COc1ccc(OCCOC(=O)COc2ccccc2C#N)cc1. The summed E-state index contributed by atoms with van der Waals surface area (Å²) < 4.78 is 20.8. The molecule has 0 atom stereocenters. The van der Waals surface area contributed by atoms with Crippen molar-refractivity contribution in [2.45, 2.75) is 0 Å². The number of carbonyl (C=O) groups is 1. The number of hydrogen-bond acceptors (Lipinski definition) is 6. The molecular formula is C18H17NO5. The van der Waals surface area contributed by atoms with E-state index >= 15 is 0 Å². The van der Waals surface area contributed by atoms with Gasteiger partial charge < -0.3 is 18.9 Å². The van der Waals surface area contributed by atoms with E-state index in [-0.39, 0.29) is 19.8 Å². The van der Waals surface area contributed by atoms with E-state index in [1.54, 1.807) is 55.6 Å². The molecule has 0 fully saturated rings. The van der Waals surface area contributed by atoms with Crippen molar-refractivity contribution >= 4 is 5.97 Å². The van der Waals surface area contributed by atoms with Gasteiger partial charge in [-0.1, -0.05) is 12.1 Å². The van der Waals surface area contributed by atoms with Gasteiger partial charge in [-0.05, 0) is 36.4 Å². The molecule has 2 aromatic rings. The van der Waals surface area contributed by atoms with Crippen LogP contribution < -0.4 is 14.2 Å². The smallest absolute Gasteiger partial charge is 0.344 e. The summed E-state index contributed by atoms with van der Waals surface area (Å²) in [6.07, 6.45) is 0. The van der Waals surface area contributed by atoms with Gasteiger partial charge in [-0.25, -0.2) is 4.79 Å². The Kier molecular flexibility index (Phi) is 6.47. The van der Waals surface area contributed by atoms with Crippen molar-refractivity contribution in [2.24, 2.45) is 0 Å². The molecule has 0 spiro atoms. The zero-order valence-corrected chi connectivity index (χ0v) is 13.2. The van der Waals surface area contributed by atoms with Crippen molar-refractivity contribution in [1.82, 2.24) is 0 Å². The number of carbonyl (C=O) groups excluding carboxylic acids is 1. The monoisotopic (exact) mass is 327 g/mol. The third-order valence-electron chi connectivity index (χ3n) is 3.03. The maximum absolute atomic E-state index is 11.6. The van der Waals surface area contributed by atoms with Gasteiger partial charge in [0.15, 0.2) is 6.61 Å². The molecule has 0 aliphatic heterocycles. The maximum atomic E-state index is 11.6. The predicted octanol–water partition coefficient (Wildman–Crippen LogP) is 2.57. The largest absolute Gasteiger partial charge is 0.497 e. The van der Waals surface area contributed by atoms with Crippen LogP contribution in [0.4, 0.5) is 0 Å². The molecule has 6 nitrogen and oxygen atoms in total. The molecular weight excluding hydrogens is 310 g/mol. The van der Waals surface area contributed by atoms with Gasteiger partial charge in [0.25, 0.3) is 0 Å². The molecule has 0 bridgehead atoms. The lowest BCUT2D eigenvalue weighted by Crippen LogP contribution is -2.18. The average Bonchev–Trinajstić information content (AvgIpc) is 2.64. The average molecular weight is 327 g/mol. The molecule has 0 amide bonds. The molecule has 6 heteroatoms. The van der Waals surface area contributed by atoms with Crippen molar-refractivity contribution in [3.8, 4) is 23.3 Å². The van der Waals surface area contributed by atoms with Crippen LogP contribution >= 0.6 is 0 Å². The van der Waals surface area contributed by atoms with Crippen LogP contribution in [0.2, 0.25) is 0 Å². The van der Waals surface area contributed by atoms with Crippen LogP contribution in [0, 0.1) is 11.3 Å². The van der Waals surface area contributed by atoms with Gasteiger partial charge in [0.2, 0.25) is 0 Å². The third kappa shape index (κ3) is 5.21. The molecule has 0 aliphatic rings. The van der Waals surface area contributed by atoms with Gasteiger partial charge in [0.1, 0.15) is 36.5 Å². The first-order chi connectivity index (χ1) is 11.7. The Labute approximate surface area is 140 Å². The zero-order valence-electron chi connectivity index (χ0n) is 13.2. The van der Waals surface area contributed by atoms with Crippen LogP contribution in [0.5, 0.6) is 17.2 Å². The molecule has 0 aromatic heterocycles. The lowest BCUT2D eigenvalue weighted by Gasteiger charge is -2.09. The van der Waals surface area contributed by atoms with Gasteiger partial charge in [0, 0.05) is 0 Å². The van der Waals surface area contributed by atoms with Crippen LogP contribution in [0.3, 0.4) is 0 Å². The summed E-state index contributed by atoms with van der Waals surface area (Å²) >= 11 is 0. The number of esters is 1. The molecule has 124 valence electrons. The molecule has 0 saturated carbocycles. The van der Waals surface area contributed by atoms with Gasteiger partial charge in [0.05, 0.1) is 12.7 Å². The summed E-state index contributed by atoms with van der Waals surface area (Å²) in [4.78, 5) is 11.6. The molecule has 24 heavy (non-hydrogen) atoms. The number of nitriles is 1. The number of benzene rings is 2. The summed E-state index contributed by atoms with van der Waals surface area (Å²) in [5.74, 6) is 1.22. The molecule has 2 rings (SSSR count). The number of ether oxygens (including phenoxy) is 4. The first-order valence-electron chi connectivity index (χ1n) is 7.27. The molecule has 2 aromatic carbocycles. The Bertz CT molecular complexity index is 706. The lowest BCUT2D eigenvalue weighted by molar-refractivity contribution is -0.146. The summed E-state index contributed by atoms with van der Waals surface area (Å²) in [5.41, 5.74) is 0.369. The van der Waals surface area contributed by atoms with Crippen molar-refractivity contribution in [2.75, 3.05) is 26.9 Å². The van der Waals surface area contributed by atoms with Gasteiger partial charge in [-0.15, -0.1) is 0 Å². The fraction of sp³-hybridized carbons (Fsp3) is 0.222. The van der Waals surface area contributed by atoms with Crippen molar-refractivity contribution < 1.29 is 23.7 Å².